The molecule has 3 rings (SSSR count). The molecule has 140 valence electrons. The van der Waals surface area contributed by atoms with Gasteiger partial charge in [0.1, 0.15) is 5.15 Å². The SMILES string of the molecule is CCC(C)C(CCOc1ccn(-c2ccc(C(=O)O)c(Cl)n2)n1)C1CC1. The molecule has 0 spiro atoms. The van der Waals surface area contributed by atoms with E-state index in [1.165, 1.54) is 30.0 Å². The van der Waals surface area contributed by atoms with E-state index in [-0.39, 0.29) is 10.7 Å². The summed E-state index contributed by atoms with van der Waals surface area (Å²) >= 11 is 5.91. The quantitative estimate of drug-likeness (QED) is 0.653. The second kappa shape index (κ2) is 8.08. The summed E-state index contributed by atoms with van der Waals surface area (Å²) in [4.78, 5) is 15.1. The van der Waals surface area contributed by atoms with Gasteiger partial charge < -0.3 is 9.84 Å². The van der Waals surface area contributed by atoms with Crippen LogP contribution in [0.1, 0.15) is 49.9 Å². The molecule has 0 bridgehead atoms. The van der Waals surface area contributed by atoms with Crippen molar-refractivity contribution in [3.05, 3.63) is 35.1 Å². The largest absolute Gasteiger partial charge is 0.478 e. The van der Waals surface area contributed by atoms with Gasteiger partial charge in [-0.15, -0.1) is 5.10 Å². The van der Waals surface area contributed by atoms with E-state index in [9.17, 15) is 4.79 Å². The molecule has 2 unspecified atom stereocenters. The second-order valence-electron chi connectivity index (χ2n) is 6.94. The van der Waals surface area contributed by atoms with Crippen LogP contribution in [0.15, 0.2) is 24.4 Å². The summed E-state index contributed by atoms with van der Waals surface area (Å²) in [5.74, 6) is 2.19. The average molecular weight is 378 g/mol. The van der Waals surface area contributed by atoms with E-state index in [4.69, 9.17) is 21.4 Å². The van der Waals surface area contributed by atoms with Crippen LogP contribution in [0.5, 0.6) is 5.88 Å². The van der Waals surface area contributed by atoms with Crippen molar-refractivity contribution in [3.63, 3.8) is 0 Å². The second-order valence-corrected chi connectivity index (χ2v) is 7.29. The summed E-state index contributed by atoms with van der Waals surface area (Å²) in [6.45, 7) is 5.22. The Morgan fingerprint density at radius 2 is 2.19 bits per heavy atom. The monoisotopic (exact) mass is 377 g/mol. The average Bonchev–Trinajstić information content (AvgIpc) is 3.35. The van der Waals surface area contributed by atoms with Gasteiger partial charge in [0.05, 0.1) is 12.2 Å². The molecule has 2 atom stereocenters. The molecule has 2 aromatic heterocycles. The Labute approximate surface area is 158 Å². The van der Waals surface area contributed by atoms with Gasteiger partial charge in [-0.3, -0.25) is 0 Å². The number of pyridine rings is 1. The molecule has 26 heavy (non-hydrogen) atoms. The Morgan fingerprint density at radius 3 is 2.81 bits per heavy atom. The molecule has 7 heteroatoms. The lowest BCUT2D eigenvalue weighted by Crippen LogP contribution is -2.17. The maximum atomic E-state index is 11.0. The molecule has 0 saturated heterocycles. The van der Waals surface area contributed by atoms with Crippen molar-refractivity contribution in [1.82, 2.24) is 14.8 Å². The van der Waals surface area contributed by atoms with Crippen molar-refractivity contribution in [2.24, 2.45) is 17.8 Å². The fourth-order valence-corrected chi connectivity index (χ4v) is 3.57. The number of nitrogens with zero attached hydrogens (tertiary/aromatic N) is 3. The highest BCUT2D eigenvalue weighted by Gasteiger charge is 2.33. The van der Waals surface area contributed by atoms with E-state index >= 15 is 0 Å². The predicted octanol–water partition coefficient (Wildman–Crippen LogP) is 4.46. The zero-order valence-electron chi connectivity index (χ0n) is 15.1. The summed E-state index contributed by atoms with van der Waals surface area (Å²) < 4.78 is 7.34. The Balaban J connectivity index is 1.59. The van der Waals surface area contributed by atoms with Crippen LogP contribution in [0.25, 0.3) is 5.82 Å². The highest BCUT2D eigenvalue weighted by atomic mass is 35.5. The molecule has 2 aromatic rings. The standard InChI is InChI=1S/C19H24ClN3O3/c1-3-12(2)14(13-4-5-13)9-11-26-17-8-10-23(22-17)16-7-6-15(19(24)25)18(20)21-16/h6-8,10,12-14H,3-5,9,11H2,1-2H3,(H,24,25). The third-order valence-electron chi connectivity index (χ3n) is 5.17. The van der Waals surface area contributed by atoms with E-state index in [0.29, 0.717) is 18.3 Å². The number of aromatic nitrogens is 3. The molecule has 6 nitrogen and oxygen atoms in total. The van der Waals surface area contributed by atoms with Crippen molar-refractivity contribution < 1.29 is 14.6 Å². The molecule has 0 aromatic carbocycles. The number of hydrogen-bond donors (Lipinski definition) is 1. The molecule has 1 N–H and O–H groups in total. The number of hydrogen-bond acceptors (Lipinski definition) is 4. The van der Waals surface area contributed by atoms with Gasteiger partial charge in [0, 0.05) is 12.3 Å². The summed E-state index contributed by atoms with van der Waals surface area (Å²) in [5, 5.41) is 13.3. The van der Waals surface area contributed by atoms with Crippen molar-refractivity contribution in [2.45, 2.75) is 39.5 Å². The topological polar surface area (TPSA) is 77.2 Å². The van der Waals surface area contributed by atoms with Crippen LogP contribution < -0.4 is 4.74 Å². The molecule has 2 heterocycles. The minimum absolute atomic E-state index is 0.0322. The highest BCUT2D eigenvalue weighted by Crippen LogP contribution is 2.43. The van der Waals surface area contributed by atoms with Gasteiger partial charge in [-0.05, 0) is 49.1 Å². The zero-order valence-corrected chi connectivity index (χ0v) is 15.8. The number of rotatable bonds is 9. The summed E-state index contributed by atoms with van der Waals surface area (Å²) in [7, 11) is 0. The first-order valence-corrected chi connectivity index (χ1v) is 9.46. The van der Waals surface area contributed by atoms with Gasteiger partial charge in [-0.25, -0.2) is 14.5 Å². The molecule has 1 aliphatic carbocycles. The lowest BCUT2D eigenvalue weighted by molar-refractivity contribution is 0.0696. The van der Waals surface area contributed by atoms with Crippen LogP contribution in [0.2, 0.25) is 5.15 Å². The Morgan fingerprint density at radius 1 is 1.42 bits per heavy atom. The van der Waals surface area contributed by atoms with Crippen molar-refractivity contribution in [1.29, 1.82) is 0 Å². The van der Waals surface area contributed by atoms with Crippen LogP contribution >= 0.6 is 11.6 Å². The van der Waals surface area contributed by atoms with Gasteiger partial charge in [-0.1, -0.05) is 31.9 Å². The number of halogens is 1. The van der Waals surface area contributed by atoms with Gasteiger partial charge in [0.2, 0.25) is 5.88 Å². The van der Waals surface area contributed by atoms with E-state index in [0.717, 1.165) is 24.2 Å². The maximum Gasteiger partial charge on any atom is 0.338 e. The predicted molar refractivity (Wildman–Crippen MR) is 99.1 cm³/mol. The van der Waals surface area contributed by atoms with Crippen LogP contribution in [0, 0.1) is 17.8 Å². The van der Waals surface area contributed by atoms with E-state index in [2.05, 4.69) is 23.9 Å². The number of carbonyl (C=O) groups is 1. The zero-order chi connectivity index (χ0) is 18.7. The van der Waals surface area contributed by atoms with Crippen LogP contribution in [-0.4, -0.2) is 32.4 Å². The molecule has 1 saturated carbocycles. The lowest BCUT2D eigenvalue weighted by atomic mass is 9.85. The highest BCUT2D eigenvalue weighted by molar-refractivity contribution is 6.32. The van der Waals surface area contributed by atoms with Crippen LogP contribution in [0.3, 0.4) is 0 Å². The minimum Gasteiger partial charge on any atom is -0.478 e. The van der Waals surface area contributed by atoms with E-state index in [1.807, 2.05) is 0 Å². The molecule has 1 fully saturated rings. The Hall–Kier alpha value is -2.08. The van der Waals surface area contributed by atoms with Gasteiger partial charge >= 0.3 is 5.97 Å². The molecule has 0 radical (unpaired) electrons. The minimum atomic E-state index is -1.11. The van der Waals surface area contributed by atoms with Crippen molar-refractivity contribution in [3.8, 4) is 11.7 Å². The van der Waals surface area contributed by atoms with E-state index in [1.54, 1.807) is 18.3 Å². The lowest BCUT2D eigenvalue weighted by Gasteiger charge is -2.22. The van der Waals surface area contributed by atoms with Crippen molar-refractivity contribution >= 4 is 17.6 Å². The van der Waals surface area contributed by atoms with Gasteiger partial charge in [0.15, 0.2) is 5.82 Å². The number of ether oxygens (including phenoxy) is 1. The third-order valence-corrected chi connectivity index (χ3v) is 5.46. The first-order valence-electron chi connectivity index (χ1n) is 9.08. The molecule has 0 amide bonds. The normalized spacial score (nSPS) is 16.3. The summed E-state index contributed by atoms with van der Waals surface area (Å²) in [6.07, 6.45) is 6.67. The molecule has 1 aliphatic rings. The summed E-state index contributed by atoms with van der Waals surface area (Å²) in [5.41, 5.74) is -0.0322. The van der Waals surface area contributed by atoms with Crippen LogP contribution in [0.4, 0.5) is 0 Å². The van der Waals surface area contributed by atoms with Crippen molar-refractivity contribution in [2.75, 3.05) is 6.61 Å². The van der Waals surface area contributed by atoms with Crippen LogP contribution in [-0.2, 0) is 0 Å². The Bertz CT molecular complexity index is 773. The first-order chi connectivity index (χ1) is 12.5. The van der Waals surface area contributed by atoms with E-state index < -0.39 is 5.97 Å². The molecular weight excluding hydrogens is 354 g/mol. The smallest absolute Gasteiger partial charge is 0.338 e. The summed E-state index contributed by atoms with van der Waals surface area (Å²) in [6, 6.07) is 4.76. The number of carboxylic acids is 1. The van der Waals surface area contributed by atoms with Gasteiger partial charge in [-0.2, -0.15) is 0 Å². The number of carboxylic acid groups (broad SMARTS) is 1. The maximum absolute atomic E-state index is 11.0. The fourth-order valence-electron chi connectivity index (χ4n) is 3.34. The molecule has 0 aliphatic heterocycles. The fraction of sp³-hybridized carbons (Fsp3) is 0.526. The molecular formula is C19H24ClN3O3. The third kappa shape index (κ3) is 4.36. The Kier molecular flexibility index (Phi) is 5.81. The number of aromatic carboxylic acids is 1. The van der Waals surface area contributed by atoms with Gasteiger partial charge in [0.25, 0.3) is 0 Å². The first kappa shape index (κ1) is 18.7.